The maximum absolute atomic E-state index is 13.3. The molecule has 1 aliphatic rings. The molecule has 34 heavy (non-hydrogen) atoms. The van der Waals surface area contributed by atoms with Gasteiger partial charge in [0.25, 0.3) is 11.8 Å². The average Bonchev–Trinajstić information content (AvgIpc) is 3.46. The Morgan fingerprint density at radius 3 is 2.88 bits per heavy atom. The van der Waals surface area contributed by atoms with Gasteiger partial charge in [0.15, 0.2) is 5.69 Å². The van der Waals surface area contributed by atoms with Crippen LogP contribution in [0.25, 0.3) is 10.9 Å². The largest absolute Gasteiger partial charge is 0.361 e. The number of nitrogens with one attached hydrogen (secondary N) is 2. The molecule has 1 aromatic carbocycles. The molecule has 3 aromatic heterocycles. The Labute approximate surface area is 198 Å². The van der Waals surface area contributed by atoms with Crippen LogP contribution in [0.1, 0.15) is 51.5 Å². The zero-order chi connectivity index (χ0) is 23.7. The lowest BCUT2D eigenvalue weighted by Crippen LogP contribution is -2.37. The number of pyridine rings is 1. The van der Waals surface area contributed by atoms with Gasteiger partial charge in [0, 0.05) is 67.0 Å². The molecule has 0 fully saturated rings. The van der Waals surface area contributed by atoms with Crippen LogP contribution in [0.15, 0.2) is 55.0 Å². The molecule has 0 unspecified atom stereocenters. The van der Waals surface area contributed by atoms with Gasteiger partial charge in [0.2, 0.25) is 0 Å². The highest BCUT2D eigenvalue weighted by molar-refractivity contribution is 5.98. The van der Waals surface area contributed by atoms with Crippen molar-refractivity contribution < 1.29 is 9.59 Å². The first-order chi connectivity index (χ1) is 16.5. The van der Waals surface area contributed by atoms with Crippen LogP contribution < -0.4 is 5.32 Å². The quantitative estimate of drug-likeness (QED) is 0.464. The molecule has 1 aliphatic heterocycles. The molecular weight excluding hydrogens is 428 g/mol. The molecule has 0 radical (unpaired) electrons. The molecule has 2 amide bonds. The van der Waals surface area contributed by atoms with E-state index in [-0.39, 0.29) is 11.8 Å². The smallest absolute Gasteiger partial charge is 0.272 e. The molecule has 2 N–H and O–H groups in total. The summed E-state index contributed by atoms with van der Waals surface area (Å²) in [5, 5.41) is 8.72. The fraction of sp³-hybridized carbons (Fsp3) is 0.308. The van der Waals surface area contributed by atoms with Crippen molar-refractivity contribution in [1.82, 2.24) is 30.0 Å². The van der Waals surface area contributed by atoms with Gasteiger partial charge in [0.05, 0.1) is 6.54 Å². The lowest BCUT2D eigenvalue weighted by Gasteiger charge is -2.28. The number of aromatic amines is 1. The predicted octanol–water partition coefficient (Wildman–Crippen LogP) is 3.54. The number of amides is 2. The highest BCUT2D eigenvalue weighted by Gasteiger charge is 2.30. The third-order valence-corrected chi connectivity index (χ3v) is 6.15. The number of benzene rings is 1. The number of carbonyl (C=O) groups excluding carboxylic acids is 2. The van der Waals surface area contributed by atoms with Gasteiger partial charge >= 0.3 is 0 Å². The van der Waals surface area contributed by atoms with Crippen molar-refractivity contribution in [2.24, 2.45) is 5.92 Å². The molecule has 8 nitrogen and oxygen atoms in total. The topological polar surface area (TPSA) is 95.9 Å². The van der Waals surface area contributed by atoms with E-state index in [4.69, 9.17) is 5.10 Å². The van der Waals surface area contributed by atoms with Gasteiger partial charge in [-0.2, -0.15) is 5.10 Å². The van der Waals surface area contributed by atoms with Crippen molar-refractivity contribution in [3.63, 3.8) is 0 Å². The van der Waals surface area contributed by atoms with E-state index in [1.54, 1.807) is 12.4 Å². The zero-order valence-electron chi connectivity index (χ0n) is 19.4. The molecule has 0 aliphatic carbocycles. The normalized spacial score (nSPS) is 13.3. The number of rotatable bonds is 6. The summed E-state index contributed by atoms with van der Waals surface area (Å²) in [5.41, 5.74) is 4.77. The van der Waals surface area contributed by atoms with Crippen LogP contribution in [0.5, 0.6) is 0 Å². The van der Waals surface area contributed by atoms with E-state index in [9.17, 15) is 9.59 Å². The molecule has 4 aromatic rings. The Morgan fingerprint density at radius 1 is 1.21 bits per heavy atom. The second-order valence-corrected chi connectivity index (χ2v) is 9.15. The SMILES string of the molecule is CC(C)Cn1nc(C(=O)NCc2cccnc2)c2c1CCN(C(=O)c1ccc3cc[nH]c3c1)C2. The Kier molecular flexibility index (Phi) is 5.88. The summed E-state index contributed by atoms with van der Waals surface area (Å²) in [6.07, 6.45) is 5.97. The first-order valence-corrected chi connectivity index (χ1v) is 11.6. The summed E-state index contributed by atoms with van der Waals surface area (Å²) >= 11 is 0. The van der Waals surface area contributed by atoms with Gasteiger partial charge in [-0.1, -0.05) is 26.0 Å². The first-order valence-electron chi connectivity index (χ1n) is 11.6. The molecule has 0 bridgehead atoms. The van der Waals surface area contributed by atoms with E-state index in [0.29, 0.717) is 43.2 Å². The van der Waals surface area contributed by atoms with Crippen molar-refractivity contribution in [2.75, 3.05) is 6.54 Å². The van der Waals surface area contributed by atoms with Gasteiger partial charge in [0.1, 0.15) is 0 Å². The lowest BCUT2D eigenvalue weighted by atomic mass is 10.0. The summed E-state index contributed by atoms with van der Waals surface area (Å²) in [6.45, 7) is 6.32. The van der Waals surface area contributed by atoms with Crippen LogP contribution >= 0.6 is 0 Å². The maximum atomic E-state index is 13.3. The van der Waals surface area contributed by atoms with E-state index < -0.39 is 0 Å². The van der Waals surface area contributed by atoms with Crippen LogP contribution in [0, 0.1) is 5.92 Å². The van der Waals surface area contributed by atoms with Crippen molar-refractivity contribution in [3.05, 3.63) is 83.1 Å². The van der Waals surface area contributed by atoms with Crippen LogP contribution in [0.2, 0.25) is 0 Å². The average molecular weight is 457 g/mol. The third-order valence-electron chi connectivity index (χ3n) is 6.15. The molecule has 4 heterocycles. The number of aromatic nitrogens is 4. The molecule has 0 saturated heterocycles. The van der Waals surface area contributed by atoms with Crippen molar-refractivity contribution in [1.29, 1.82) is 0 Å². The number of fused-ring (bicyclic) bond motifs is 2. The summed E-state index contributed by atoms with van der Waals surface area (Å²) < 4.78 is 1.95. The van der Waals surface area contributed by atoms with Crippen molar-refractivity contribution in [2.45, 2.75) is 39.9 Å². The van der Waals surface area contributed by atoms with Gasteiger partial charge < -0.3 is 15.2 Å². The maximum Gasteiger partial charge on any atom is 0.272 e. The Hall–Kier alpha value is -3.94. The molecule has 8 heteroatoms. The van der Waals surface area contributed by atoms with Gasteiger partial charge in [-0.15, -0.1) is 0 Å². The van der Waals surface area contributed by atoms with Crippen LogP contribution in [-0.2, 0) is 26.1 Å². The van der Waals surface area contributed by atoms with E-state index >= 15 is 0 Å². The van der Waals surface area contributed by atoms with Crippen molar-refractivity contribution in [3.8, 4) is 0 Å². The van der Waals surface area contributed by atoms with E-state index in [0.717, 1.165) is 34.3 Å². The summed E-state index contributed by atoms with van der Waals surface area (Å²) in [7, 11) is 0. The highest BCUT2D eigenvalue weighted by atomic mass is 16.2. The molecular formula is C26H28N6O2. The van der Waals surface area contributed by atoms with Crippen LogP contribution in [-0.4, -0.2) is 43.0 Å². The predicted molar refractivity (Wildman–Crippen MR) is 129 cm³/mol. The van der Waals surface area contributed by atoms with Gasteiger partial charge in [-0.25, -0.2) is 0 Å². The second kappa shape index (κ2) is 9.13. The molecule has 0 spiro atoms. The minimum absolute atomic E-state index is 0.0412. The van der Waals surface area contributed by atoms with Crippen LogP contribution in [0.4, 0.5) is 0 Å². The second-order valence-electron chi connectivity index (χ2n) is 9.15. The van der Waals surface area contributed by atoms with E-state index in [1.807, 2.05) is 52.2 Å². The lowest BCUT2D eigenvalue weighted by molar-refractivity contribution is 0.0730. The minimum Gasteiger partial charge on any atom is -0.361 e. The number of hydrogen-bond acceptors (Lipinski definition) is 4. The van der Waals surface area contributed by atoms with Crippen LogP contribution in [0.3, 0.4) is 0 Å². The summed E-state index contributed by atoms with van der Waals surface area (Å²) in [5.74, 6) is 0.118. The number of nitrogens with zero attached hydrogens (tertiary/aromatic N) is 4. The Bertz CT molecular complexity index is 1340. The van der Waals surface area contributed by atoms with Crippen molar-refractivity contribution >= 4 is 22.7 Å². The Morgan fingerprint density at radius 2 is 2.09 bits per heavy atom. The zero-order valence-corrected chi connectivity index (χ0v) is 19.4. The van der Waals surface area contributed by atoms with E-state index in [2.05, 4.69) is 29.1 Å². The third kappa shape index (κ3) is 4.31. The molecule has 174 valence electrons. The standard InChI is InChI=1S/C26H28N6O2/c1-17(2)15-32-23-8-11-31(26(34)20-6-5-19-7-10-28-22(19)12-20)16-21(23)24(30-32)25(33)29-14-18-4-3-9-27-13-18/h3-7,9-10,12-13,17,28H,8,11,14-16H2,1-2H3,(H,29,33). The monoisotopic (exact) mass is 456 g/mol. The number of carbonyl (C=O) groups is 2. The first kappa shape index (κ1) is 21.9. The highest BCUT2D eigenvalue weighted by Crippen LogP contribution is 2.26. The number of hydrogen-bond donors (Lipinski definition) is 2. The summed E-state index contributed by atoms with van der Waals surface area (Å²) in [4.78, 5) is 35.5. The van der Waals surface area contributed by atoms with E-state index in [1.165, 1.54) is 0 Å². The summed E-state index contributed by atoms with van der Waals surface area (Å²) in [6, 6.07) is 11.4. The number of H-pyrrole nitrogens is 1. The van der Waals surface area contributed by atoms with Gasteiger partial charge in [-0.3, -0.25) is 19.3 Å². The fourth-order valence-corrected chi connectivity index (χ4v) is 4.48. The molecule has 5 rings (SSSR count). The Balaban J connectivity index is 1.40. The molecule has 0 atom stereocenters. The molecule has 0 saturated carbocycles. The minimum atomic E-state index is -0.232. The van der Waals surface area contributed by atoms with Gasteiger partial charge in [-0.05, 0) is 41.1 Å². The fourth-order valence-electron chi connectivity index (χ4n) is 4.48.